The van der Waals surface area contributed by atoms with Crippen molar-refractivity contribution in [1.82, 2.24) is 0 Å². The van der Waals surface area contributed by atoms with Crippen LogP contribution in [0, 0.1) is 75.0 Å². The molecule has 0 saturated heterocycles. The summed E-state index contributed by atoms with van der Waals surface area (Å²) in [5, 5.41) is 0. The topological polar surface area (TPSA) is 71.1 Å². The Kier molecular flexibility index (Phi) is 9.46. The van der Waals surface area contributed by atoms with Gasteiger partial charge < -0.3 is 0 Å². The molecular weight excluding hydrogens is 799 g/mol. The van der Waals surface area contributed by atoms with E-state index in [0.29, 0.717) is 35.2 Å². The van der Waals surface area contributed by atoms with Crippen LogP contribution < -0.4 is 16.7 Å². The van der Waals surface area contributed by atoms with E-state index in [1.807, 2.05) is 52.0 Å². The Bertz CT molecular complexity index is 1560. The number of hydrogen-bond donors (Lipinski definition) is 0. The second kappa shape index (κ2) is 13.3. The maximum absolute atomic E-state index is 13.1. The predicted octanol–water partition coefficient (Wildman–Crippen LogP) is 8.23. The van der Waals surface area contributed by atoms with Crippen LogP contribution >= 0.6 is 17.9 Å². The van der Waals surface area contributed by atoms with E-state index < -0.39 is 15.9 Å². The number of rotatable bonds is 10. The fourth-order valence-electron chi connectivity index (χ4n) is 11.9. The normalized spacial score (nSPS) is 36.2. The summed E-state index contributed by atoms with van der Waals surface area (Å²) in [6, 6.07) is 7.69. The molecule has 8 aliphatic carbocycles. The van der Waals surface area contributed by atoms with E-state index >= 15 is 0 Å². The molecule has 278 valence electrons. The predicted molar refractivity (Wildman–Crippen MR) is 203 cm³/mol. The fourth-order valence-corrected chi connectivity index (χ4v) is 21.5. The van der Waals surface area contributed by atoms with Gasteiger partial charge >= 0.3 is 304 Å². The molecule has 0 heterocycles. The Morgan fingerprint density at radius 3 is 1.20 bits per heavy atom. The van der Waals surface area contributed by atoms with Gasteiger partial charge in [0.2, 0.25) is 0 Å². The zero-order valence-electron chi connectivity index (χ0n) is 31.0. The molecule has 0 spiro atoms. The van der Waals surface area contributed by atoms with Crippen molar-refractivity contribution < 1.29 is 28.5 Å². The van der Waals surface area contributed by atoms with E-state index in [4.69, 9.17) is 36.9 Å². The van der Waals surface area contributed by atoms with Gasteiger partial charge in [-0.2, -0.15) is 0 Å². The van der Waals surface area contributed by atoms with Crippen molar-refractivity contribution in [2.75, 3.05) is 13.2 Å². The first-order valence-electron chi connectivity index (χ1n) is 19.3. The van der Waals surface area contributed by atoms with Gasteiger partial charge in [0.25, 0.3) is 0 Å². The molecule has 0 aliphatic heterocycles. The minimum atomic E-state index is -3.88. The summed E-state index contributed by atoms with van der Waals surface area (Å²) < 4.78 is 26.5. The van der Waals surface area contributed by atoms with E-state index in [1.54, 1.807) is 0 Å². The number of carbonyl (C=O) groups excluding carboxylic acids is 2. The van der Waals surface area contributed by atoms with Gasteiger partial charge in [0, 0.05) is 0 Å². The van der Waals surface area contributed by atoms with Gasteiger partial charge in [-0.15, -0.1) is 0 Å². The van der Waals surface area contributed by atoms with E-state index in [2.05, 4.69) is 13.8 Å². The van der Waals surface area contributed by atoms with Crippen LogP contribution in [0.15, 0.2) is 24.3 Å². The molecule has 0 unspecified atom stereocenters. The van der Waals surface area contributed by atoms with Crippen molar-refractivity contribution in [3.05, 3.63) is 46.5 Å². The number of ether oxygens (including phenoxy) is 4. The third-order valence-corrected chi connectivity index (χ3v) is 24.9. The summed E-state index contributed by atoms with van der Waals surface area (Å²) in [7, 11) is 14.8. The molecule has 8 aliphatic rings. The van der Waals surface area contributed by atoms with Crippen molar-refractivity contribution in [2.45, 2.75) is 117 Å². The minimum absolute atomic E-state index is 0.120. The summed E-state index contributed by atoms with van der Waals surface area (Å²) in [5.74, 6) is 5.83. The molecule has 2 aromatic rings. The van der Waals surface area contributed by atoms with Crippen LogP contribution in [-0.4, -0.2) is 52.3 Å². The standard InChI is InChI=1S/C42H54Cl2O6Te/c1-23-25(3)37(9-7-35(23)47-21-39(45)49-41(5)31-13-27-11-28(15-31)16-32(41)14-27)51(43,44)38-10-8-36(24(2)26(38)4)48-22-40(46)50-42(6)33-17-29-12-30(19-33)20-34(42)18-29/h7-10,27-34H,11-22H2,1-6H3. The molecule has 0 radical (unpaired) electrons. The maximum atomic E-state index is 13.1. The monoisotopic (exact) mass is 854 g/mol. The van der Waals surface area contributed by atoms with Gasteiger partial charge in [0.15, 0.2) is 0 Å². The van der Waals surface area contributed by atoms with Crippen LogP contribution in [0.25, 0.3) is 0 Å². The Balaban J connectivity index is 0.902. The van der Waals surface area contributed by atoms with Crippen molar-refractivity contribution in [2.24, 2.45) is 47.3 Å². The zero-order chi connectivity index (χ0) is 36.0. The van der Waals surface area contributed by atoms with Crippen molar-refractivity contribution >= 4 is 53.0 Å². The van der Waals surface area contributed by atoms with E-state index in [9.17, 15) is 9.59 Å². The SMILES string of the molecule is Cc1c(OCC(=O)OC2(C)C3CC4CC(C3)CC2C4)ccc([Te](Cl)(Cl)c2ccc(OCC(=O)OC3(C)C4CC5CC(C4)CC3C5)c(C)c2C)c1C. The van der Waals surface area contributed by atoms with E-state index in [1.165, 1.54) is 64.2 Å². The summed E-state index contributed by atoms with van der Waals surface area (Å²) in [4.78, 5) is 26.3. The van der Waals surface area contributed by atoms with Crippen LogP contribution in [0.4, 0.5) is 0 Å². The van der Waals surface area contributed by atoms with E-state index in [0.717, 1.165) is 53.1 Å². The molecule has 51 heavy (non-hydrogen) atoms. The van der Waals surface area contributed by atoms with Crippen LogP contribution in [0.5, 0.6) is 11.5 Å². The first kappa shape index (κ1) is 36.3. The molecule has 8 saturated carbocycles. The Labute approximate surface area is 315 Å². The van der Waals surface area contributed by atoms with Gasteiger partial charge in [-0.25, -0.2) is 0 Å². The average molecular weight is 853 g/mol. The number of esters is 2. The summed E-state index contributed by atoms with van der Waals surface area (Å²) in [6.07, 6.45) is 12.2. The van der Waals surface area contributed by atoms with Crippen LogP contribution in [0.2, 0.25) is 0 Å². The molecule has 0 atom stereocenters. The van der Waals surface area contributed by atoms with Crippen LogP contribution in [0.1, 0.15) is 100 Å². The quantitative estimate of drug-likeness (QED) is 0.177. The first-order chi connectivity index (χ1) is 24.2. The Morgan fingerprint density at radius 2 is 0.882 bits per heavy atom. The van der Waals surface area contributed by atoms with Gasteiger partial charge in [-0.05, 0) is 12.8 Å². The Morgan fingerprint density at radius 1 is 0.569 bits per heavy atom. The molecule has 6 nitrogen and oxygen atoms in total. The van der Waals surface area contributed by atoms with Crippen molar-refractivity contribution in [1.29, 1.82) is 0 Å². The second-order valence-corrected chi connectivity index (χ2v) is 30.1. The number of halogens is 2. The zero-order valence-corrected chi connectivity index (χ0v) is 34.9. The summed E-state index contributed by atoms with van der Waals surface area (Å²) in [5.41, 5.74) is 3.02. The molecule has 2 aromatic carbocycles. The average Bonchev–Trinajstić information content (AvgIpc) is 3.07. The van der Waals surface area contributed by atoms with Gasteiger partial charge in [0.05, 0.1) is 0 Å². The third kappa shape index (κ3) is 6.31. The van der Waals surface area contributed by atoms with Gasteiger partial charge in [0.1, 0.15) is 0 Å². The van der Waals surface area contributed by atoms with Crippen molar-refractivity contribution in [3.63, 3.8) is 0 Å². The van der Waals surface area contributed by atoms with Crippen LogP contribution in [-0.2, 0) is 19.1 Å². The van der Waals surface area contributed by atoms with Gasteiger partial charge in [-0.3, -0.25) is 0 Å². The molecule has 0 aromatic heterocycles. The first-order valence-corrected chi connectivity index (χ1v) is 27.5. The summed E-state index contributed by atoms with van der Waals surface area (Å²) in [6.45, 7) is 12.1. The molecule has 8 bridgehead atoms. The molecule has 10 rings (SSSR count). The molecule has 0 amide bonds. The molecule has 8 fully saturated rings. The van der Waals surface area contributed by atoms with Crippen molar-refractivity contribution in [3.8, 4) is 11.5 Å². The van der Waals surface area contributed by atoms with E-state index in [-0.39, 0.29) is 36.4 Å². The third-order valence-electron chi connectivity index (χ3n) is 14.8. The number of carbonyl (C=O) groups is 2. The fraction of sp³-hybridized carbons (Fsp3) is 0.667. The summed E-state index contributed by atoms with van der Waals surface area (Å²) >= 11 is -3.88. The molecule has 9 heteroatoms. The number of hydrogen-bond acceptors (Lipinski definition) is 6. The number of benzene rings is 2. The van der Waals surface area contributed by atoms with Crippen LogP contribution in [0.3, 0.4) is 0 Å². The molecule has 0 N–H and O–H groups in total. The second-order valence-electron chi connectivity index (χ2n) is 17.6. The molecular formula is C42H54Cl2O6Te. The Hall–Kier alpha value is -1.65. The van der Waals surface area contributed by atoms with Gasteiger partial charge in [-0.1, -0.05) is 0 Å².